The van der Waals surface area contributed by atoms with Gasteiger partial charge in [0.1, 0.15) is 0 Å². The van der Waals surface area contributed by atoms with Gasteiger partial charge in [0.15, 0.2) is 0 Å². The van der Waals surface area contributed by atoms with Gasteiger partial charge in [0.2, 0.25) is 5.91 Å². The van der Waals surface area contributed by atoms with Crippen LogP contribution in [-0.2, 0) is 11.3 Å². The van der Waals surface area contributed by atoms with E-state index >= 15 is 0 Å². The summed E-state index contributed by atoms with van der Waals surface area (Å²) in [6.45, 7) is 7.15. The predicted molar refractivity (Wildman–Crippen MR) is 94.2 cm³/mol. The first kappa shape index (κ1) is 19.0. The van der Waals surface area contributed by atoms with Gasteiger partial charge in [-0.25, -0.2) is 0 Å². The highest BCUT2D eigenvalue weighted by Gasteiger charge is 2.34. The fraction of sp³-hybridized carbons (Fsp3) is 0.611. The van der Waals surface area contributed by atoms with Crippen LogP contribution in [0.1, 0.15) is 63.5 Å². The van der Waals surface area contributed by atoms with Crippen LogP contribution in [0, 0.1) is 0 Å². The van der Waals surface area contributed by atoms with Gasteiger partial charge < -0.3 is 10.6 Å². The fourth-order valence-electron chi connectivity index (χ4n) is 2.63. The molecule has 2 N–H and O–H groups in total. The lowest BCUT2D eigenvalue weighted by molar-refractivity contribution is -0.134. The van der Waals surface area contributed by atoms with Crippen molar-refractivity contribution in [2.45, 2.75) is 71.0 Å². The van der Waals surface area contributed by atoms with E-state index in [0.29, 0.717) is 18.5 Å². The van der Waals surface area contributed by atoms with Crippen molar-refractivity contribution < 1.29 is 4.79 Å². The lowest BCUT2D eigenvalue weighted by Crippen LogP contribution is -2.44. The highest BCUT2D eigenvalue weighted by Crippen LogP contribution is 2.29. The highest BCUT2D eigenvalue weighted by molar-refractivity contribution is 5.85. The second kappa shape index (κ2) is 8.54. The molecule has 0 bridgehead atoms. The van der Waals surface area contributed by atoms with E-state index < -0.39 is 0 Å². The van der Waals surface area contributed by atoms with Crippen molar-refractivity contribution in [2.24, 2.45) is 5.73 Å². The van der Waals surface area contributed by atoms with E-state index in [1.54, 1.807) is 0 Å². The third-order valence-electron chi connectivity index (χ3n) is 4.19. The maximum atomic E-state index is 12.5. The number of hydrogen-bond donors (Lipinski definition) is 1. The van der Waals surface area contributed by atoms with Crippen LogP contribution in [-0.4, -0.2) is 22.9 Å². The van der Waals surface area contributed by atoms with Crippen molar-refractivity contribution in [2.75, 3.05) is 0 Å². The van der Waals surface area contributed by atoms with Gasteiger partial charge in [0.05, 0.1) is 6.04 Å². The van der Waals surface area contributed by atoms with Crippen LogP contribution in [0.3, 0.4) is 0 Å². The Kier molecular flexibility index (Phi) is 7.37. The summed E-state index contributed by atoms with van der Waals surface area (Å²) in [4.78, 5) is 14.5. The molecule has 1 atom stereocenters. The van der Waals surface area contributed by atoms with Crippen molar-refractivity contribution in [3.05, 3.63) is 35.4 Å². The van der Waals surface area contributed by atoms with E-state index in [1.165, 1.54) is 11.1 Å². The minimum atomic E-state index is -0.342. The summed E-state index contributed by atoms with van der Waals surface area (Å²) in [7, 11) is 0. The molecule has 0 aliphatic heterocycles. The van der Waals surface area contributed by atoms with Crippen LogP contribution in [0.15, 0.2) is 24.3 Å². The van der Waals surface area contributed by atoms with Crippen molar-refractivity contribution in [3.63, 3.8) is 0 Å². The Morgan fingerprint density at radius 2 is 1.86 bits per heavy atom. The molecule has 0 saturated heterocycles. The molecule has 1 fully saturated rings. The largest absolute Gasteiger partial charge is 0.334 e. The normalized spacial score (nSPS) is 15.3. The average Bonchev–Trinajstić information content (AvgIpc) is 3.29. The predicted octanol–water partition coefficient (Wildman–Crippen LogP) is 3.85. The molecule has 2 rings (SSSR count). The zero-order valence-electron chi connectivity index (χ0n) is 13.9. The summed E-state index contributed by atoms with van der Waals surface area (Å²) >= 11 is 0. The Morgan fingerprint density at radius 3 is 2.32 bits per heavy atom. The molecule has 4 heteroatoms. The molecule has 1 aromatic rings. The third-order valence-corrected chi connectivity index (χ3v) is 4.19. The Bertz CT molecular complexity index is 468. The molecular weight excluding hydrogens is 296 g/mol. The standard InChI is InChI=1S/C18H28N2O.ClH/c1-4-5-17(19)18(21)20(16-10-11-16)12-14-6-8-15(9-7-14)13(2)3;/h6-9,13,16-17H,4-5,10-12,19H2,1-3H3;1H. The van der Waals surface area contributed by atoms with Crippen molar-refractivity contribution in [1.29, 1.82) is 0 Å². The second-order valence-corrected chi connectivity index (χ2v) is 6.49. The first-order valence-corrected chi connectivity index (χ1v) is 8.17. The van der Waals surface area contributed by atoms with Gasteiger partial charge in [-0.2, -0.15) is 0 Å². The fourth-order valence-corrected chi connectivity index (χ4v) is 2.63. The molecule has 0 spiro atoms. The van der Waals surface area contributed by atoms with Gasteiger partial charge in [-0.3, -0.25) is 4.79 Å². The molecule has 0 heterocycles. The SMILES string of the molecule is CCCC(N)C(=O)N(Cc1ccc(C(C)C)cc1)C1CC1.Cl. The maximum Gasteiger partial charge on any atom is 0.240 e. The van der Waals surface area contributed by atoms with Gasteiger partial charge in [0, 0.05) is 12.6 Å². The third kappa shape index (κ3) is 4.99. The summed E-state index contributed by atoms with van der Waals surface area (Å²) in [6.07, 6.45) is 3.96. The van der Waals surface area contributed by atoms with Crippen LogP contribution in [0.5, 0.6) is 0 Å². The summed E-state index contributed by atoms with van der Waals surface area (Å²) in [5, 5.41) is 0. The van der Waals surface area contributed by atoms with Crippen LogP contribution in [0.4, 0.5) is 0 Å². The molecule has 1 saturated carbocycles. The number of hydrogen-bond acceptors (Lipinski definition) is 2. The minimum Gasteiger partial charge on any atom is -0.334 e. The van der Waals surface area contributed by atoms with E-state index in [0.717, 1.165) is 25.7 Å². The minimum absolute atomic E-state index is 0. The number of carbonyl (C=O) groups is 1. The quantitative estimate of drug-likeness (QED) is 0.828. The van der Waals surface area contributed by atoms with Gasteiger partial charge in [-0.05, 0) is 36.3 Å². The Morgan fingerprint density at radius 1 is 1.27 bits per heavy atom. The zero-order chi connectivity index (χ0) is 15.4. The Labute approximate surface area is 140 Å². The second-order valence-electron chi connectivity index (χ2n) is 6.49. The Balaban J connectivity index is 0.00000242. The summed E-state index contributed by atoms with van der Waals surface area (Å²) in [5.41, 5.74) is 8.56. The molecule has 0 radical (unpaired) electrons. The number of halogens is 1. The summed E-state index contributed by atoms with van der Waals surface area (Å²) in [5.74, 6) is 0.658. The molecule has 1 aliphatic carbocycles. The zero-order valence-corrected chi connectivity index (χ0v) is 14.7. The molecule has 124 valence electrons. The number of rotatable bonds is 7. The number of amides is 1. The molecule has 22 heavy (non-hydrogen) atoms. The summed E-state index contributed by atoms with van der Waals surface area (Å²) in [6, 6.07) is 8.69. The number of benzene rings is 1. The van der Waals surface area contributed by atoms with Crippen LogP contribution in [0.25, 0.3) is 0 Å². The first-order chi connectivity index (χ1) is 10.0. The number of nitrogens with zero attached hydrogens (tertiary/aromatic N) is 1. The van der Waals surface area contributed by atoms with Gasteiger partial charge in [-0.15, -0.1) is 12.4 Å². The highest BCUT2D eigenvalue weighted by atomic mass is 35.5. The van der Waals surface area contributed by atoms with Gasteiger partial charge in [-0.1, -0.05) is 51.5 Å². The lowest BCUT2D eigenvalue weighted by Gasteiger charge is -2.26. The van der Waals surface area contributed by atoms with Crippen molar-refractivity contribution in [3.8, 4) is 0 Å². The van der Waals surface area contributed by atoms with E-state index in [9.17, 15) is 4.79 Å². The van der Waals surface area contributed by atoms with E-state index in [-0.39, 0.29) is 24.4 Å². The van der Waals surface area contributed by atoms with E-state index in [1.807, 2.05) is 4.90 Å². The smallest absolute Gasteiger partial charge is 0.240 e. The molecule has 1 amide bonds. The van der Waals surface area contributed by atoms with Crippen LogP contribution >= 0.6 is 12.4 Å². The molecule has 3 nitrogen and oxygen atoms in total. The maximum absolute atomic E-state index is 12.5. The Hall–Kier alpha value is -1.06. The molecular formula is C18H29ClN2O. The van der Waals surface area contributed by atoms with Gasteiger partial charge >= 0.3 is 0 Å². The van der Waals surface area contributed by atoms with Crippen molar-refractivity contribution in [1.82, 2.24) is 4.90 Å². The van der Waals surface area contributed by atoms with Crippen LogP contribution < -0.4 is 5.73 Å². The number of carbonyl (C=O) groups excluding carboxylic acids is 1. The molecule has 1 unspecified atom stereocenters. The molecule has 0 aromatic heterocycles. The summed E-state index contributed by atoms with van der Waals surface area (Å²) < 4.78 is 0. The molecule has 1 aliphatic rings. The van der Waals surface area contributed by atoms with Crippen LogP contribution in [0.2, 0.25) is 0 Å². The van der Waals surface area contributed by atoms with E-state index in [4.69, 9.17) is 5.73 Å². The van der Waals surface area contributed by atoms with Gasteiger partial charge in [0.25, 0.3) is 0 Å². The lowest BCUT2D eigenvalue weighted by atomic mass is 10.0. The van der Waals surface area contributed by atoms with Crippen molar-refractivity contribution >= 4 is 18.3 Å². The average molecular weight is 325 g/mol. The topological polar surface area (TPSA) is 46.3 Å². The monoisotopic (exact) mass is 324 g/mol. The first-order valence-electron chi connectivity index (χ1n) is 8.17. The molecule has 1 aromatic carbocycles. The van der Waals surface area contributed by atoms with E-state index in [2.05, 4.69) is 45.0 Å². The number of nitrogens with two attached hydrogens (primary N) is 1.